The second kappa shape index (κ2) is 2.44. The molecule has 3 N–H and O–H groups in total. The molecule has 1 aliphatic rings. The quantitative estimate of drug-likeness (QED) is 0.421. The highest BCUT2D eigenvalue weighted by atomic mass is 16.3. The van der Waals surface area contributed by atoms with E-state index in [0.29, 0.717) is 6.04 Å². The lowest BCUT2D eigenvalue weighted by Gasteiger charge is -2.00. The summed E-state index contributed by atoms with van der Waals surface area (Å²) in [7, 11) is 0. The first-order chi connectivity index (χ1) is 3.83. The smallest absolute Gasteiger partial charge is 0.0598 e. The summed E-state index contributed by atoms with van der Waals surface area (Å²) in [5, 5.41) is 8.58. The van der Waals surface area contributed by atoms with Crippen LogP contribution in [0.5, 0.6) is 0 Å². The summed E-state index contributed by atoms with van der Waals surface area (Å²) in [5.74, 6) is 0. The molecule has 0 bridgehead atoms. The topological polar surface area (TPSA) is 44.3 Å². The molecule has 0 aromatic heterocycles. The van der Waals surface area contributed by atoms with Crippen molar-refractivity contribution in [3.05, 3.63) is 0 Å². The Kier molecular flexibility index (Phi) is 1.83. The lowest BCUT2D eigenvalue weighted by Crippen LogP contribution is -2.33. The molecular formula is C5H12N2O. The van der Waals surface area contributed by atoms with Gasteiger partial charge in [-0.05, 0) is 13.3 Å². The van der Waals surface area contributed by atoms with E-state index in [9.17, 15) is 0 Å². The predicted octanol–water partition coefficient (Wildman–Crippen LogP) is -0.766. The Labute approximate surface area is 49.1 Å². The predicted molar refractivity (Wildman–Crippen MR) is 31.2 cm³/mol. The van der Waals surface area contributed by atoms with E-state index in [2.05, 4.69) is 17.8 Å². The van der Waals surface area contributed by atoms with Crippen LogP contribution in [-0.4, -0.2) is 23.8 Å². The molecule has 0 aromatic carbocycles. The highest BCUT2D eigenvalue weighted by Crippen LogP contribution is 2.01. The van der Waals surface area contributed by atoms with Crippen LogP contribution in [0.2, 0.25) is 0 Å². The molecule has 1 fully saturated rings. The molecule has 0 aromatic rings. The van der Waals surface area contributed by atoms with Gasteiger partial charge in [0.15, 0.2) is 0 Å². The van der Waals surface area contributed by atoms with Gasteiger partial charge in [0.1, 0.15) is 0 Å². The van der Waals surface area contributed by atoms with Crippen LogP contribution >= 0.6 is 0 Å². The van der Waals surface area contributed by atoms with E-state index in [4.69, 9.17) is 5.11 Å². The van der Waals surface area contributed by atoms with Gasteiger partial charge < -0.3 is 5.11 Å². The summed E-state index contributed by atoms with van der Waals surface area (Å²) in [6, 6.07) is 0.775. The Hall–Kier alpha value is -0.120. The molecule has 1 heterocycles. The van der Waals surface area contributed by atoms with Gasteiger partial charge in [0, 0.05) is 12.1 Å². The molecule has 0 spiro atoms. The van der Waals surface area contributed by atoms with Gasteiger partial charge in [-0.3, -0.25) is 10.9 Å². The second-order valence-corrected chi connectivity index (χ2v) is 2.30. The van der Waals surface area contributed by atoms with Gasteiger partial charge in [-0.2, -0.15) is 0 Å². The molecule has 0 radical (unpaired) electrons. The first kappa shape index (κ1) is 6.01. The van der Waals surface area contributed by atoms with E-state index in [1.165, 1.54) is 0 Å². The van der Waals surface area contributed by atoms with Gasteiger partial charge in [0.2, 0.25) is 0 Å². The van der Waals surface area contributed by atoms with Gasteiger partial charge >= 0.3 is 0 Å². The molecule has 1 saturated heterocycles. The van der Waals surface area contributed by atoms with Crippen LogP contribution < -0.4 is 10.9 Å². The summed E-state index contributed by atoms with van der Waals surface area (Å²) < 4.78 is 0. The summed E-state index contributed by atoms with van der Waals surface area (Å²) in [5.41, 5.74) is 5.97. The average molecular weight is 116 g/mol. The maximum Gasteiger partial charge on any atom is 0.0598 e. The fourth-order valence-corrected chi connectivity index (χ4v) is 0.925. The van der Waals surface area contributed by atoms with E-state index >= 15 is 0 Å². The van der Waals surface area contributed by atoms with Crippen LogP contribution in [0.25, 0.3) is 0 Å². The molecule has 3 heteroatoms. The Morgan fingerprint density at radius 1 is 1.62 bits per heavy atom. The van der Waals surface area contributed by atoms with Crippen LogP contribution in [0.1, 0.15) is 13.3 Å². The van der Waals surface area contributed by atoms with Crippen molar-refractivity contribution in [2.45, 2.75) is 25.4 Å². The minimum absolute atomic E-state index is 0.233. The zero-order chi connectivity index (χ0) is 5.98. The molecule has 3 nitrogen and oxygen atoms in total. The number of nitrogens with one attached hydrogen (secondary N) is 2. The molecule has 8 heavy (non-hydrogen) atoms. The number of hydrogen-bond donors (Lipinski definition) is 3. The fourth-order valence-electron chi connectivity index (χ4n) is 0.925. The molecule has 2 unspecified atom stereocenters. The summed E-state index contributed by atoms with van der Waals surface area (Å²) >= 11 is 0. The SMILES string of the molecule is CC1CC(CO)NN1. The van der Waals surface area contributed by atoms with Crippen molar-refractivity contribution in [2.24, 2.45) is 0 Å². The molecule has 2 atom stereocenters. The first-order valence-electron chi connectivity index (χ1n) is 2.95. The maximum atomic E-state index is 8.58. The Morgan fingerprint density at radius 3 is 2.62 bits per heavy atom. The Bertz CT molecular complexity index is 76.8. The van der Waals surface area contributed by atoms with Crippen molar-refractivity contribution in [1.82, 2.24) is 10.9 Å². The van der Waals surface area contributed by atoms with Crippen LogP contribution in [0.15, 0.2) is 0 Å². The third kappa shape index (κ3) is 1.18. The zero-order valence-electron chi connectivity index (χ0n) is 5.02. The van der Waals surface area contributed by atoms with E-state index in [1.807, 2.05) is 0 Å². The number of rotatable bonds is 1. The molecule has 1 rings (SSSR count). The van der Waals surface area contributed by atoms with Gasteiger partial charge in [0.25, 0.3) is 0 Å². The van der Waals surface area contributed by atoms with Crippen molar-refractivity contribution in [2.75, 3.05) is 6.61 Å². The van der Waals surface area contributed by atoms with Crippen molar-refractivity contribution >= 4 is 0 Å². The lowest BCUT2D eigenvalue weighted by molar-refractivity contribution is 0.251. The fraction of sp³-hybridized carbons (Fsp3) is 1.00. The van der Waals surface area contributed by atoms with E-state index in [1.54, 1.807) is 0 Å². The van der Waals surface area contributed by atoms with Crippen molar-refractivity contribution in [1.29, 1.82) is 0 Å². The standard InChI is InChI=1S/C5H12N2O/c1-4-2-5(3-8)7-6-4/h4-8H,2-3H2,1H3. The minimum atomic E-state index is 0.233. The molecule has 48 valence electrons. The largest absolute Gasteiger partial charge is 0.395 e. The van der Waals surface area contributed by atoms with Gasteiger partial charge in [-0.15, -0.1) is 0 Å². The van der Waals surface area contributed by atoms with E-state index in [-0.39, 0.29) is 12.6 Å². The Balaban J connectivity index is 2.22. The number of hydrogen-bond acceptors (Lipinski definition) is 3. The normalized spacial score (nSPS) is 38.2. The van der Waals surface area contributed by atoms with Crippen LogP contribution in [0.4, 0.5) is 0 Å². The van der Waals surface area contributed by atoms with E-state index < -0.39 is 0 Å². The minimum Gasteiger partial charge on any atom is -0.395 e. The third-order valence-corrected chi connectivity index (χ3v) is 1.39. The van der Waals surface area contributed by atoms with Crippen molar-refractivity contribution in [3.8, 4) is 0 Å². The average Bonchev–Trinajstić information content (AvgIpc) is 2.14. The number of hydrazine groups is 1. The van der Waals surface area contributed by atoms with Gasteiger partial charge in [0.05, 0.1) is 6.61 Å². The Morgan fingerprint density at radius 2 is 2.38 bits per heavy atom. The van der Waals surface area contributed by atoms with Crippen LogP contribution in [-0.2, 0) is 0 Å². The van der Waals surface area contributed by atoms with Crippen LogP contribution in [0, 0.1) is 0 Å². The van der Waals surface area contributed by atoms with E-state index in [0.717, 1.165) is 6.42 Å². The summed E-state index contributed by atoms with van der Waals surface area (Å²) in [4.78, 5) is 0. The third-order valence-electron chi connectivity index (χ3n) is 1.39. The van der Waals surface area contributed by atoms with Gasteiger partial charge in [-0.25, -0.2) is 0 Å². The highest BCUT2D eigenvalue weighted by molar-refractivity contribution is 4.76. The lowest BCUT2D eigenvalue weighted by atomic mass is 10.2. The summed E-state index contributed by atoms with van der Waals surface area (Å²) in [6.45, 7) is 2.32. The second-order valence-electron chi connectivity index (χ2n) is 2.30. The molecule has 0 amide bonds. The molecule has 1 aliphatic heterocycles. The van der Waals surface area contributed by atoms with Gasteiger partial charge in [-0.1, -0.05) is 0 Å². The molecule has 0 saturated carbocycles. The monoisotopic (exact) mass is 116 g/mol. The first-order valence-corrected chi connectivity index (χ1v) is 2.95. The van der Waals surface area contributed by atoms with Crippen molar-refractivity contribution in [3.63, 3.8) is 0 Å². The molecular weight excluding hydrogens is 104 g/mol. The number of aliphatic hydroxyl groups excluding tert-OH is 1. The highest BCUT2D eigenvalue weighted by Gasteiger charge is 2.17. The number of aliphatic hydroxyl groups is 1. The molecule has 0 aliphatic carbocycles. The van der Waals surface area contributed by atoms with Crippen LogP contribution in [0.3, 0.4) is 0 Å². The summed E-state index contributed by atoms with van der Waals surface area (Å²) in [6.07, 6.45) is 1.02. The van der Waals surface area contributed by atoms with Crippen molar-refractivity contribution < 1.29 is 5.11 Å². The maximum absolute atomic E-state index is 8.58. The zero-order valence-corrected chi connectivity index (χ0v) is 5.02.